The largest absolute Gasteiger partial charge is 0.297 e. The Hall–Kier alpha value is -0.650. The first-order valence-corrected chi connectivity index (χ1v) is 5.43. The third-order valence-electron chi connectivity index (χ3n) is 1.92. The fourth-order valence-corrected chi connectivity index (χ4v) is 3.64. The minimum Gasteiger partial charge on any atom is -0.297 e. The van der Waals surface area contributed by atoms with Gasteiger partial charge in [0.15, 0.2) is 0 Å². The molecule has 60 valence electrons. The average Bonchev–Trinajstić information content (AvgIpc) is 2.08. The van der Waals surface area contributed by atoms with Crippen LogP contribution in [0, 0.1) is 0 Å². The molecule has 1 aliphatic rings. The van der Waals surface area contributed by atoms with E-state index in [1.807, 2.05) is 13.8 Å². The van der Waals surface area contributed by atoms with Gasteiger partial charge in [-0.2, -0.15) is 0 Å². The maximum absolute atomic E-state index is 11.6. The van der Waals surface area contributed by atoms with Crippen molar-refractivity contribution in [3.05, 3.63) is 11.1 Å². The summed E-state index contributed by atoms with van der Waals surface area (Å²) in [6.07, 6.45) is 2.31. The first kappa shape index (κ1) is 8.45. The Morgan fingerprint density at radius 2 is 1.82 bits per heavy atom. The summed E-state index contributed by atoms with van der Waals surface area (Å²) in [5.74, 6) is 0. The second kappa shape index (κ2) is 2.77. The smallest absolute Gasteiger partial charge is 0.241 e. The third-order valence-corrected chi connectivity index (χ3v) is 4.30. The number of allylic oxidation sites excluding steroid dienone is 2. The first-order valence-electron chi connectivity index (χ1n) is 3.40. The van der Waals surface area contributed by atoms with Crippen LogP contribution in [0.25, 0.3) is 0 Å². The van der Waals surface area contributed by atoms with Crippen LogP contribution in [0.15, 0.2) is 15.9 Å². The Labute approximate surface area is 65.6 Å². The molecule has 0 bridgehead atoms. The monoisotopic (exact) mass is 171 g/mol. The van der Waals surface area contributed by atoms with Crippen LogP contribution in [0.3, 0.4) is 0 Å². The highest BCUT2D eigenvalue weighted by Gasteiger charge is 2.29. The fraction of sp³-hybridized carbons (Fsp3) is 0.571. The minimum absolute atomic E-state index is 0.466. The summed E-state index contributed by atoms with van der Waals surface area (Å²) >= 11 is 0. The molecule has 1 rings (SSSR count). The summed E-state index contributed by atoms with van der Waals surface area (Å²) in [5, 5.41) is 0. The molecule has 0 saturated heterocycles. The van der Waals surface area contributed by atoms with Gasteiger partial charge >= 0.3 is 0 Å². The topological polar surface area (TPSA) is 46.5 Å². The van der Waals surface area contributed by atoms with E-state index < -0.39 is 7.29 Å². The zero-order chi connectivity index (χ0) is 8.48. The number of nitrogens with zero attached hydrogens (tertiary/aromatic N) is 1. The van der Waals surface area contributed by atoms with Crippen LogP contribution in [-0.2, 0) is 9.36 Å². The molecule has 0 aliphatic carbocycles. The van der Waals surface area contributed by atoms with E-state index in [1.54, 1.807) is 0 Å². The summed E-state index contributed by atoms with van der Waals surface area (Å²) in [4.78, 5) is 9.90. The van der Waals surface area contributed by atoms with Gasteiger partial charge < -0.3 is 0 Å². The van der Waals surface area contributed by atoms with Crippen LogP contribution >= 0.6 is 7.29 Å². The SMILES string of the molecule is CC1=C(C)CP(=O)(N=C=O)C1. The van der Waals surface area contributed by atoms with Crippen LogP contribution in [0.1, 0.15) is 13.8 Å². The number of isocyanates is 1. The molecule has 4 heteroatoms. The quantitative estimate of drug-likeness (QED) is 0.262. The molecule has 0 spiro atoms. The minimum atomic E-state index is -2.55. The van der Waals surface area contributed by atoms with Gasteiger partial charge in [0.2, 0.25) is 13.4 Å². The molecule has 1 heterocycles. The van der Waals surface area contributed by atoms with Gasteiger partial charge in [0.25, 0.3) is 0 Å². The van der Waals surface area contributed by atoms with E-state index in [-0.39, 0.29) is 0 Å². The summed E-state index contributed by atoms with van der Waals surface area (Å²) in [5.41, 5.74) is 2.21. The van der Waals surface area contributed by atoms with E-state index in [2.05, 4.69) is 4.76 Å². The first-order chi connectivity index (χ1) is 5.07. The van der Waals surface area contributed by atoms with Crippen molar-refractivity contribution in [2.75, 3.05) is 12.3 Å². The summed E-state index contributed by atoms with van der Waals surface area (Å²) in [6, 6.07) is 0. The van der Waals surface area contributed by atoms with Crippen molar-refractivity contribution in [3.63, 3.8) is 0 Å². The molecule has 3 nitrogen and oxygen atoms in total. The molecular formula is C7H10NO2P. The Bertz CT molecular complexity index is 282. The highest BCUT2D eigenvalue weighted by Crippen LogP contribution is 2.54. The van der Waals surface area contributed by atoms with Crippen LogP contribution in [0.5, 0.6) is 0 Å². The van der Waals surface area contributed by atoms with Crippen molar-refractivity contribution >= 4 is 13.4 Å². The predicted octanol–water partition coefficient (Wildman–Crippen LogP) is 1.95. The van der Waals surface area contributed by atoms with Crippen molar-refractivity contribution in [1.82, 2.24) is 0 Å². The van der Waals surface area contributed by atoms with Crippen LogP contribution in [0.2, 0.25) is 0 Å². The van der Waals surface area contributed by atoms with Crippen molar-refractivity contribution in [1.29, 1.82) is 0 Å². The van der Waals surface area contributed by atoms with Crippen molar-refractivity contribution in [2.45, 2.75) is 13.8 Å². The van der Waals surface area contributed by atoms with E-state index in [0.717, 1.165) is 11.1 Å². The summed E-state index contributed by atoms with van der Waals surface area (Å²) in [7, 11) is -2.55. The van der Waals surface area contributed by atoms with Gasteiger partial charge in [-0.05, 0) is 13.8 Å². The highest BCUT2D eigenvalue weighted by atomic mass is 31.2. The third kappa shape index (κ3) is 1.68. The van der Waals surface area contributed by atoms with E-state index in [4.69, 9.17) is 0 Å². The van der Waals surface area contributed by atoms with Gasteiger partial charge in [-0.3, -0.25) is 4.57 Å². The zero-order valence-electron chi connectivity index (χ0n) is 6.63. The summed E-state index contributed by atoms with van der Waals surface area (Å²) in [6.45, 7) is 3.85. The molecule has 0 radical (unpaired) electrons. The molecule has 0 saturated carbocycles. The van der Waals surface area contributed by atoms with Crippen molar-refractivity contribution < 1.29 is 9.36 Å². The van der Waals surface area contributed by atoms with E-state index >= 15 is 0 Å². The molecule has 0 unspecified atom stereocenters. The molecule has 0 atom stereocenters. The Morgan fingerprint density at radius 1 is 1.36 bits per heavy atom. The Morgan fingerprint density at radius 3 is 2.18 bits per heavy atom. The van der Waals surface area contributed by atoms with E-state index in [1.165, 1.54) is 6.08 Å². The second-order valence-electron chi connectivity index (χ2n) is 2.91. The average molecular weight is 171 g/mol. The zero-order valence-corrected chi connectivity index (χ0v) is 7.52. The number of hydrogen-bond acceptors (Lipinski definition) is 2. The van der Waals surface area contributed by atoms with Crippen LogP contribution in [0.4, 0.5) is 0 Å². The molecule has 0 amide bonds. The maximum atomic E-state index is 11.6. The van der Waals surface area contributed by atoms with Crippen molar-refractivity contribution in [2.24, 2.45) is 4.76 Å². The lowest BCUT2D eigenvalue weighted by molar-refractivity contribution is 0.562. The summed E-state index contributed by atoms with van der Waals surface area (Å²) < 4.78 is 14.9. The van der Waals surface area contributed by atoms with E-state index in [9.17, 15) is 9.36 Å². The highest BCUT2D eigenvalue weighted by molar-refractivity contribution is 7.63. The molecule has 0 aromatic rings. The molecule has 1 aliphatic heterocycles. The fourth-order valence-electron chi connectivity index (χ4n) is 1.21. The van der Waals surface area contributed by atoms with Gasteiger partial charge in [-0.1, -0.05) is 11.1 Å². The Kier molecular flexibility index (Phi) is 2.12. The molecule has 11 heavy (non-hydrogen) atoms. The molecular weight excluding hydrogens is 161 g/mol. The lowest BCUT2D eigenvalue weighted by Crippen LogP contribution is -1.81. The second-order valence-corrected chi connectivity index (χ2v) is 5.44. The molecule has 0 N–H and O–H groups in total. The maximum Gasteiger partial charge on any atom is 0.241 e. The Balaban J connectivity index is 2.89. The van der Waals surface area contributed by atoms with Crippen molar-refractivity contribution in [3.8, 4) is 0 Å². The van der Waals surface area contributed by atoms with Gasteiger partial charge in [0, 0.05) is 12.3 Å². The molecule has 0 aromatic heterocycles. The number of hydrogen-bond donors (Lipinski definition) is 0. The normalized spacial score (nSPS) is 21.6. The van der Waals surface area contributed by atoms with E-state index in [0.29, 0.717) is 12.3 Å². The lowest BCUT2D eigenvalue weighted by Gasteiger charge is -1.99. The number of carbonyl (C=O) groups excluding carboxylic acids is 1. The standard InChI is InChI=1S/C7H10NO2P/c1-6-3-11(10,8-5-9)4-7(6)2/h3-4H2,1-2H3. The predicted molar refractivity (Wildman–Crippen MR) is 43.8 cm³/mol. The van der Waals surface area contributed by atoms with Gasteiger partial charge in [0.1, 0.15) is 0 Å². The lowest BCUT2D eigenvalue weighted by atomic mass is 10.2. The number of rotatable bonds is 1. The molecule has 0 fully saturated rings. The van der Waals surface area contributed by atoms with Gasteiger partial charge in [-0.15, -0.1) is 4.76 Å². The van der Waals surface area contributed by atoms with Crippen LogP contribution in [-0.4, -0.2) is 18.4 Å². The van der Waals surface area contributed by atoms with Gasteiger partial charge in [-0.25, -0.2) is 4.79 Å². The van der Waals surface area contributed by atoms with Crippen LogP contribution < -0.4 is 0 Å². The van der Waals surface area contributed by atoms with Gasteiger partial charge in [0.05, 0.1) is 0 Å². The molecule has 0 aromatic carbocycles.